The first-order valence-corrected chi connectivity index (χ1v) is 9.25. The number of hydrogen-bond acceptors (Lipinski definition) is 3. The fraction of sp³-hybridized carbons (Fsp3) is 0.174. The maximum Gasteiger partial charge on any atom is 0.139 e. The van der Waals surface area contributed by atoms with Crippen molar-refractivity contribution in [1.29, 1.82) is 0 Å². The number of aryl methyl sites for hydroxylation is 1. The third kappa shape index (κ3) is 3.51. The Morgan fingerprint density at radius 3 is 2.44 bits per heavy atom. The topological polar surface area (TPSA) is 38.6 Å². The highest BCUT2D eigenvalue weighted by Gasteiger charge is 2.15. The number of ether oxygens (including phenoxy) is 1. The van der Waals surface area contributed by atoms with Crippen molar-refractivity contribution in [2.45, 2.75) is 20.4 Å². The molecule has 0 bridgehead atoms. The van der Waals surface area contributed by atoms with E-state index in [1.807, 2.05) is 37.3 Å². The zero-order chi connectivity index (χ0) is 18.6. The number of fused-ring (bicyclic) bond motifs is 1. The summed E-state index contributed by atoms with van der Waals surface area (Å²) in [5, 5.41) is 3.60. The van der Waals surface area contributed by atoms with Gasteiger partial charge in [0.05, 0.1) is 6.61 Å². The van der Waals surface area contributed by atoms with Gasteiger partial charge in [-0.15, -0.1) is 0 Å². The lowest BCUT2D eigenvalue weighted by Gasteiger charge is -2.11. The van der Waals surface area contributed by atoms with Crippen LogP contribution in [0, 0.1) is 6.92 Å². The third-order valence-corrected chi connectivity index (χ3v) is 4.58. The van der Waals surface area contributed by atoms with Gasteiger partial charge in [0.2, 0.25) is 0 Å². The van der Waals surface area contributed by atoms with Gasteiger partial charge >= 0.3 is 0 Å². The second-order valence-electron chi connectivity index (χ2n) is 6.47. The first kappa shape index (κ1) is 17.2. The molecule has 0 spiro atoms. The van der Waals surface area contributed by atoms with Crippen LogP contribution in [0.2, 0.25) is 0 Å². The number of nitrogens with one attached hydrogen (secondary N) is 1. The van der Waals surface area contributed by atoms with E-state index in [1.165, 1.54) is 5.56 Å². The maximum absolute atomic E-state index is 5.57. The molecular formula is C23H23N3O. The Kier molecular flexibility index (Phi) is 4.79. The van der Waals surface area contributed by atoms with Gasteiger partial charge in [-0.3, -0.25) is 4.40 Å². The number of benzene rings is 2. The van der Waals surface area contributed by atoms with E-state index in [0.717, 1.165) is 40.7 Å². The van der Waals surface area contributed by atoms with Crippen LogP contribution < -0.4 is 10.1 Å². The van der Waals surface area contributed by atoms with E-state index in [1.54, 1.807) is 0 Å². The first-order valence-electron chi connectivity index (χ1n) is 9.25. The summed E-state index contributed by atoms with van der Waals surface area (Å²) in [7, 11) is 0. The largest absolute Gasteiger partial charge is 0.494 e. The average Bonchev–Trinajstić information content (AvgIpc) is 3.08. The molecule has 4 nitrogen and oxygen atoms in total. The monoisotopic (exact) mass is 357 g/mol. The van der Waals surface area contributed by atoms with Crippen molar-refractivity contribution in [3.05, 3.63) is 84.1 Å². The smallest absolute Gasteiger partial charge is 0.139 e. The Morgan fingerprint density at radius 1 is 0.926 bits per heavy atom. The van der Waals surface area contributed by atoms with Gasteiger partial charge in [0.1, 0.15) is 22.9 Å². The molecule has 27 heavy (non-hydrogen) atoms. The minimum absolute atomic E-state index is 0.663. The van der Waals surface area contributed by atoms with Crippen molar-refractivity contribution < 1.29 is 4.74 Å². The van der Waals surface area contributed by atoms with Crippen LogP contribution in [-0.4, -0.2) is 16.0 Å². The van der Waals surface area contributed by atoms with E-state index < -0.39 is 0 Å². The Hall–Kier alpha value is -3.27. The lowest BCUT2D eigenvalue weighted by molar-refractivity contribution is 0.340. The van der Waals surface area contributed by atoms with Gasteiger partial charge in [-0.2, -0.15) is 0 Å². The second-order valence-corrected chi connectivity index (χ2v) is 6.47. The molecule has 4 heteroatoms. The van der Waals surface area contributed by atoms with Crippen LogP contribution in [0.15, 0.2) is 72.8 Å². The molecule has 0 amide bonds. The number of nitrogens with zero attached hydrogens (tertiary/aromatic N) is 2. The van der Waals surface area contributed by atoms with Gasteiger partial charge in [0.15, 0.2) is 0 Å². The van der Waals surface area contributed by atoms with E-state index in [0.29, 0.717) is 6.61 Å². The number of anilines is 1. The van der Waals surface area contributed by atoms with Gasteiger partial charge in [-0.1, -0.05) is 36.4 Å². The summed E-state index contributed by atoms with van der Waals surface area (Å²) in [4.78, 5) is 4.89. The molecule has 2 heterocycles. The van der Waals surface area contributed by atoms with E-state index in [9.17, 15) is 0 Å². The molecule has 0 fully saturated rings. The first-order chi connectivity index (χ1) is 13.3. The van der Waals surface area contributed by atoms with Crippen molar-refractivity contribution >= 4 is 11.5 Å². The van der Waals surface area contributed by atoms with Crippen LogP contribution in [0.1, 0.15) is 18.2 Å². The number of aromatic nitrogens is 2. The second kappa shape index (κ2) is 7.54. The summed E-state index contributed by atoms with van der Waals surface area (Å²) in [6.07, 6.45) is 0. The molecule has 0 saturated heterocycles. The molecule has 0 aliphatic carbocycles. The van der Waals surface area contributed by atoms with Crippen LogP contribution in [0.5, 0.6) is 5.75 Å². The lowest BCUT2D eigenvalue weighted by atomic mass is 10.1. The van der Waals surface area contributed by atoms with E-state index in [2.05, 4.69) is 59.1 Å². The zero-order valence-electron chi connectivity index (χ0n) is 15.6. The summed E-state index contributed by atoms with van der Waals surface area (Å²) in [5.74, 6) is 1.89. The molecule has 0 atom stereocenters. The van der Waals surface area contributed by atoms with Gasteiger partial charge < -0.3 is 10.1 Å². The van der Waals surface area contributed by atoms with Crippen molar-refractivity contribution in [2.24, 2.45) is 0 Å². The van der Waals surface area contributed by atoms with Gasteiger partial charge in [-0.25, -0.2) is 4.98 Å². The molecular weight excluding hydrogens is 334 g/mol. The fourth-order valence-corrected chi connectivity index (χ4v) is 3.28. The molecule has 2 aromatic carbocycles. The Morgan fingerprint density at radius 2 is 1.70 bits per heavy atom. The van der Waals surface area contributed by atoms with E-state index in [-0.39, 0.29) is 0 Å². The Bertz CT molecular complexity index is 1040. The molecule has 4 aromatic rings. The number of hydrogen-bond donors (Lipinski definition) is 1. The van der Waals surface area contributed by atoms with E-state index in [4.69, 9.17) is 9.72 Å². The van der Waals surface area contributed by atoms with Crippen LogP contribution in [0.25, 0.3) is 16.9 Å². The van der Waals surface area contributed by atoms with Gasteiger partial charge in [0.25, 0.3) is 0 Å². The van der Waals surface area contributed by atoms with Crippen molar-refractivity contribution in [1.82, 2.24) is 9.38 Å². The number of imidazole rings is 1. The van der Waals surface area contributed by atoms with Crippen LogP contribution >= 0.6 is 0 Å². The normalized spacial score (nSPS) is 10.9. The highest BCUT2D eigenvalue weighted by molar-refractivity contribution is 5.77. The molecule has 0 radical (unpaired) electrons. The fourth-order valence-electron chi connectivity index (χ4n) is 3.28. The Balaban J connectivity index is 1.76. The molecule has 2 aromatic heterocycles. The number of pyridine rings is 1. The summed E-state index contributed by atoms with van der Waals surface area (Å²) in [5.41, 5.74) is 5.33. The quantitative estimate of drug-likeness (QED) is 0.507. The average molecular weight is 357 g/mol. The lowest BCUT2D eigenvalue weighted by Crippen LogP contribution is -2.04. The highest BCUT2D eigenvalue weighted by Crippen LogP contribution is 2.31. The standard InChI is InChI=1S/C23H23N3O/c1-3-27-20-14-12-19(13-15-20)22-23(24-16-18-9-5-4-6-10-18)26-17(2)8-7-11-21(26)25-22/h4-15,24H,3,16H2,1-2H3. The summed E-state index contributed by atoms with van der Waals surface area (Å²) in [6, 6.07) is 24.7. The third-order valence-electron chi connectivity index (χ3n) is 4.58. The molecule has 0 saturated carbocycles. The molecule has 0 unspecified atom stereocenters. The molecule has 4 rings (SSSR count). The van der Waals surface area contributed by atoms with Crippen molar-refractivity contribution in [3.63, 3.8) is 0 Å². The highest BCUT2D eigenvalue weighted by atomic mass is 16.5. The summed E-state index contributed by atoms with van der Waals surface area (Å²) < 4.78 is 7.74. The molecule has 0 aliphatic heterocycles. The van der Waals surface area contributed by atoms with Gasteiger partial charge in [-0.05, 0) is 55.8 Å². The molecule has 1 N–H and O–H groups in total. The number of rotatable bonds is 6. The Labute approximate surface area is 159 Å². The molecule has 136 valence electrons. The minimum atomic E-state index is 0.663. The van der Waals surface area contributed by atoms with E-state index >= 15 is 0 Å². The minimum Gasteiger partial charge on any atom is -0.494 e. The van der Waals surface area contributed by atoms with Crippen molar-refractivity contribution in [2.75, 3.05) is 11.9 Å². The predicted octanol–water partition coefficient (Wildman–Crippen LogP) is 5.32. The summed E-state index contributed by atoms with van der Waals surface area (Å²) in [6.45, 7) is 5.50. The SMILES string of the molecule is CCOc1ccc(-c2nc3cccc(C)n3c2NCc2ccccc2)cc1. The van der Waals surface area contributed by atoms with Gasteiger partial charge in [0, 0.05) is 17.8 Å². The summed E-state index contributed by atoms with van der Waals surface area (Å²) >= 11 is 0. The van der Waals surface area contributed by atoms with Crippen LogP contribution in [-0.2, 0) is 6.54 Å². The maximum atomic E-state index is 5.57. The molecule has 0 aliphatic rings. The zero-order valence-corrected chi connectivity index (χ0v) is 15.6. The van der Waals surface area contributed by atoms with Crippen LogP contribution in [0.4, 0.5) is 5.82 Å². The van der Waals surface area contributed by atoms with Crippen LogP contribution in [0.3, 0.4) is 0 Å². The predicted molar refractivity (Wildman–Crippen MR) is 110 cm³/mol. The van der Waals surface area contributed by atoms with Crippen molar-refractivity contribution in [3.8, 4) is 17.0 Å².